The normalized spacial score (nSPS) is 12.3. The Hall–Kier alpha value is -2.46. The molecule has 0 aliphatic carbocycles. The van der Waals surface area contributed by atoms with E-state index in [9.17, 15) is 22.8 Å². The van der Waals surface area contributed by atoms with E-state index in [1.54, 1.807) is 5.32 Å². The van der Waals surface area contributed by atoms with Crippen LogP contribution in [0.4, 0.5) is 4.79 Å². The SMILES string of the molecule is CNS(=O)(=O)c1cccc(C(=O)OC(C)C(=O)NC(N)=O)c1. The molecule has 1 aromatic rings. The lowest BCUT2D eigenvalue weighted by molar-refractivity contribution is -0.127. The van der Waals surface area contributed by atoms with E-state index in [1.807, 2.05) is 0 Å². The molecule has 0 saturated heterocycles. The maximum absolute atomic E-state index is 11.9. The number of sulfonamides is 1. The lowest BCUT2D eigenvalue weighted by atomic mass is 10.2. The minimum atomic E-state index is -3.71. The molecular weight excluding hydrogens is 314 g/mol. The highest BCUT2D eigenvalue weighted by Gasteiger charge is 2.21. The number of carbonyl (C=O) groups excluding carboxylic acids is 3. The van der Waals surface area contributed by atoms with Gasteiger partial charge in [-0.15, -0.1) is 0 Å². The van der Waals surface area contributed by atoms with Crippen LogP contribution < -0.4 is 15.8 Å². The Morgan fingerprint density at radius 1 is 1.27 bits per heavy atom. The minimum Gasteiger partial charge on any atom is -0.449 e. The van der Waals surface area contributed by atoms with Crippen LogP contribution in [0.3, 0.4) is 0 Å². The van der Waals surface area contributed by atoms with Crippen molar-refractivity contribution in [2.75, 3.05) is 7.05 Å². The number of hydrogen-bond acceptors (Lipinski definition) is 6. The van der Waals surface area contributed by atoms with Gasteiger partial charge in [-0.05, 0) is 32.2 Å². The second-order valence-electron chi connectivity index (χ2n) is 4.14. The monoisotopic (exact) mass is 329 g/mol. The van der Waals surface area contributed by atoms with Crippen molar-refractivity contribution in [2.45, 2.75) is 17.9 Å². The van der Waals surface area contributed by atoms with Crippen LogP contribution in [-0.2, 0) is 19.6 Å². The number of esters is 1. The minimum absolute atomic E-state index is 0.0601. The first-order valence-corrected chi connectivity index (χ1v) is 7.50. The number of carbonyl (C=O) groups is 3. The van der Waals surface area contributed by atoms with Crippen molar-refractivity contribution < 1.29 is 27.5 Å². The summed E-state index contributed by atoms with van der Waals surface area (Å²) in [5.41, 5.74) is 4.71. The Labute approximate surface area is 126 Å². The zero-order chi connectivity index (χ0) is 16.9. The first-order valence-electron chi connectivity index (χ1n) is 6.02. The van der Waals surface area contributed by atoms with Gasteiger partial charge in [0, 0.05) is 0 Å². The fraction of sp³-hybridized carbons (Fsp3) is 0.250. The molecule has 120 valence electrons. The van der Waals surface area contributed by atoms with Gasteiger partial charge in [-0.25, -0.2) is 22.7 Å². The van der Waals surface area contributed by atoms with Crippen LogP contribution in [0.1, 0.15) is 17.3 Å². The largest absolute Gasteiger partial charge is 0.449 e. The van der Waals surface area contributed by atoms with Gasteiger partial charge >= 0.3 is 12.0 Å². The van der Waals surface area contributed by atoms with E-state index < -0.39 is 34.0 Å². The van der Waals surface area contributed by atoms with Gasteiger partial charge in [0.15, 0.2) is 6.10 Å². The van der Waals surface area contributed by atoms with E-state index in [0.717, 1.165) is 6.07 Å². The van der Waals surface area contributed by atoms with E-state index in [4.69, 9.17) is 10.5 Å². The number of ether oxygens (including phenoxy) is 1. The Kier molecular flexibility index (Phi) is 5.60. The lowest BCUT2D eigenvalue weighted by Crippen LogP contribution is -2.42. The number of primary amides is 1. The van der Waals surface area contributed by atoms with Gasteiger partial charge in [-0.2, -0.15) is 0 Å². The van der Waals surface area contributed by atoms with Gasteiger partial charge in [-0.1, -0.05) is 6.07 Å². The summed E-state index contributed by atoms with van der Waals surface area (Å²) in [6.07, 6.45) is -1.27. The molecule has 1 aromatic carbocycles. The average Bonchev–Trinajstić information content (AvgIpc) is 2.46. The Balaban J connectivity index is 2.89. The third-order valence-electron chi connectivity index (χ3n) is 2.55. The van der Waals surface area contributed by atoms with E-state index in [1.165, 1.54) is 32.2 Å². The number of urea groups is 1. The number of rotatable bonds is 5. The molecule has 0 heterocycles. The summed E-state index contributed by atoms with van der Waals surface area (Å²) in [5, 5.41) is 1.76. The quantitative estimate of drug-likeness (QED) is 0.611. The molecule has 0 spiro atoms. The van der Waals surface area contributed by atoms with Crippen molar-refractivity contribution in [3.63, 3.8) is 0 Å². The number of imide groups is 1. The molecule has 0 fully saturated rings. The summed E-state index contributed by atoms with van der Waals surface area (Å²) in [6, 6.07) is 4.01. The summed E-state index contributed by atoms with van der Waals surface area (Å²) in [5.74, 6) is -1.81. The first-order chi connectivity index (χ1) is 10.2. The third-order valence-corrected chi connectivity index (χ3v) is 3.96. The van der Waals surface area contributed by atoms with Crippen LogP contribution in [0, 0.1) is 0 Å². The summed E-state index contributed by atoms with van der Waals surface area (Å²) in [7, 11) is -2.48. The first kappa shape index (κ1) is 17.6. The van der Waals surface area contributed by atoms with Crippen LogP contribution >= 0.6 is 0 Å². The lowest BCUT2D eigenvalue weighted by Gasteiger charge is -2.12. The van der Waals surface area contributed by atoms with Crippen molar-refractivity contribution in [3.05, 3.63) is 29.8 Å². The topological polar surface area (TPSA) is 145 Å². The highest BCUT2D eigenvalue weighted by atomic mass is 32.2. The zero-order valence-electron chi connectivity index (χ0n) is 11.8. The van der Waals surface area contributed by atoms with Gasteiger partial charge in [0.2, 0.25) is 10.0 Å². The molecule has 0 saturated carbocycles. The molecule has 4 N–H and O–H groups in total. The molecule has 0 aliphatic heterocycles. The predicted octanol–water partition coefficient (Wildman–Crippen LogP) is -0.665. The number of benzene rings is 1. The average molecular weight is 329 g/mol. The highest BCUT2D eigenvalue weighted by molar-refractivity contribution is 7.89. The molecule has 0 radical (unpaired) electrons. The van der Waals surface area contributed by atoms with E-state index in [-0.39, 0.29) is 10.5 Å². The molecule has 0 aromatic heterocycles. The predicted molar refractivity (Wildman–Crippen MR) is 75.3 cm³/mol. The second-order valence-corrected chi connectivity index (χ2v) is 6.02. The molecule has 1 unspecified atom stereocenters. The zero-order valence-corrected chi connectivity index (χ0v) is 12.6. The summed E-state index contributed by atoms with van der Waals surface area (Å²) in [4.78, 5) is 33.7. The smallest absolute Gasteiger partial charge is 0.338 e. The van der Waals surface area contributed by atoms with Crippen molar-refractivity contribution in [2.24, 2.45) is 5.73 Å². The third kappa shape index (κ3) is 4.53. The summed E-state index contributed by atoms with van der Waals surface area (Å²) < 4.78 is 30.2. The van der Waals surface area contributed by atoms with Gasteiger partial charge in [0.25, 0.3) is 5.91 Å². The van der Waals surface area contributed by atoms with Gasteiger partial charge in [0.1, 0.15) is 0 Å². The number of hydrogen-bond donors (Lipinski definition) is 3. The van der Waals surface area contributed by atoms with Crippen LogP contribution in [0.15, 0.2) is 29.2 Å². The molecule has 9 nitrogen and oxygen atoms in total. The van der Waals surface area contributed by atoms with Gasteiger partial charge in [0.05, 0.1) is 10.5 Å². The van der Waals surface area contributed by atoms with Crippen LogP contribution in [0.2, 0.25) is 0 Å². The second kappa shape index (κ2) is 7.00. The van der Waals surface area contributed by atoms with Crippen molar-refractivity contribution >= 4 is 27.9 Å². The van der Waals surface area contributed by atoms with Crippen LogP contribution in [0.25, 0.3) is 0 Å². The molecular formula is C12H15N3O6S. The number of nitrogens with one attached hydrogen (secondary N) is 2. The molecule has 3 amide bonds. The maximum Gasteiger partial charge on any atom is 0.338 e. The fourth-order valence-corrected chi connectivity index (χ4v) is 2.19. The Morgan fingerprint density at radius 2 is 1.91 bits per heavy atom. The van der Waals surface area contributed by atoms with Gasteiger partial charge < -0.3 is 10.5 Å². The van der Waals surface area contributed by atoms with Crippen molar-refractivity contribution in [1.29, 1.82) is 0 Å². The molecule has 22 heavy (non-hydrogen) atoms. The van der Waals surface area contributed by atoms with Crippen molar-refractivity contribution in [3.8, 4) is 0 Å². The summed E-state index contributed by atoms with van der Waals surface area (Å²) in [6.45, 7) is 1.24. The van der Waals surface area contributed by atoms with Crippen LogP contribution in [0.5, 0.6) is 0 Å². The fourth-order valence-electron chi connectivity index (χ4n) is 1.41. The Morgan fingerprint density at radius 3 is 2.45 bits per heavy atom. The Bertz CT molecular complexity index is 701. The van der Waals surface area contributed by atoms with E-state index >= 15 is 0 Å². The highest BCUT2D eigenvalue weighted by Crippen LogP contribution is 2.12. The van der Waals surface area contributed by atoms with Crippen molar-refractivity contribution in [1.82, 2.24) is 10.0 Å². The van der Waals surface area contributed by atoms with Crippen LogP contribution in [-0.4, -0.2) is 39.5 Å². The molecule has 1 rings (SSSR count). The van der Waals surface area contributed by atoms with E-state index in [2.05, 4.69) is 4.72 Å². The number of nitrogens with two attached hydrogens (primary N) is 1. The molecule has 0 bridgehead atoms. The standard InChI is InChI=1S/C12H15N3O6S/c1-7(10(16)15-12(13)18)21-11(17)8-4-3-5-9(6-8)22(19,20)14-2/h3-7,14H,1-2H3,(H3,13,15,16,18). The van der Waals surface area contributed by atoms with Gasteiger partial charge in [-0.3, -0.25) is 10.1 Å². The molecule has 1 atom stereocenters. The summed E-state index contributed by atoms with van der Waals surface area (Å²) >= 11 is 0. The molecule has 10 heteroatoms. The molecule has 0 aliphatic rings. The maximum atomic E-state index is 11.9. The number of amides is 3. The van der Waals surface area contributed by atoms with E-state index in [0.29, 0.717) is 0 Å².